The highest BCUT2D eigenvalue weighted by Crippen LogP contribution is 2.19. The Balaban J connectivity index is 2.90. The van der Waals surface area contributed by atoms with Crippen molar-refractivity contribution in [2.75, 3.05) is 0 Å². The Morgan fingerprint density at radius 2 is 2.18 bits per heavy atom. The Bertz CT molecular complexity index is 468. The van der Waals surface area contributed by atoms with Crippen molar-refractivity contribution in [1.82, 2.24) is 5.32 Å². The Morgan fingerprint density at radius 1 is 1.53 bits per heavy atom. The van der Waals surface area contributed by atoms with Crippen LogP contribution >= 0.6 is 38.5 Å². The fourth-order valence-corrected chi connectivity index (χ4v) is 2.16. The average molecular weight is 407 g/mol. The first-order chi connectivity index (χ1) is 7.95. The Labute approximate surface area is 123 Å². The molecule has 1 atom stereocenters. The molecule has 1 aromatic carbocycles. The predicted octanol–water partition coefficient (Wildman–Crippen LogP) is 3.33. The molecule has 0 fully saturated rings. The fraction of sp³-hybridized carbons (Fsp3) is 0.333. The van der Waals surface area contributed by atoms with Gasteiger partial charge in [-0.2, -0.15) is 5.26 Å². The van der Waals surface area contributed by atoms with Gasteiger partial charge in [0.15, 0.2) is 0 Å². The summed E-state index contributed by atoms with van der Waals surface area (Å²) < 4.78 is 1.71. The van der Waals surface area contributed by atoms with Crippen LogP contribution in [0.1, 0.15) is 24.2 Å². The lowest BCUT2D eigenvalue weighted by Crippen LogP contribution is -2.37. The van der Waals surface area contributed by atoms with Crippen LogP contribution in [0.5, 0.6) is 0 Å². The summed E-state index contributed by atoms with van der Waals surface area (Å²) in [6.07, 6.45) is 0. The number of amides is 1. The molecular formula is C12H12BrIN2O. The molecule has 0 heterocycles. The monoisotopic (exact) mass is 406 g/mol. The Hall–Kier alpha value is -0.610. The lowest BCUT2D eigenvalue weighted by Gasteiger charge is -2.15. The van der Waals surface area contributed by atoms with Gasteiger partial charge in [-0.3, -0.25) is 4.79 Å². The zero-order valence-electron chi connectivity index (χ0n) is 9.50. The van der Waals surface area contributed by atoms with E-state index in [1.807, 2.05) is 26.0 Å². The molecule has 1 rings (SSSR count). The largest absolute Gasteiger partial charge is 0.336 e. The Kier molecular flexibility index (Phi) is 5.40. The second-order valence-electron chi connectivity index (χ2n) is 3.95. The van der Waals surface area contributed by atoms with Crippen molar-refractivity contribution in [3.8, 4) is 6.07 Å². The molecule has 0 spiro atoms. The molecule has 0 aliphatic heterocycles. The van der Waals surface area contributed by atoms with Crippen LogP contribution in [0.25, 0.3) is 0 Å². The Morgan fingerprint density at radius 3 is 2.71 bits per heavy atom. The summed E-state index contributed by atoms with van der Waals surface area (Å²) in [5.74, 6) is -0.138. The molecule has 1 unspecified atom stereocenters. The van der Waals surface area contributed by atoms with E-state index >= 15 is 0 Å². The van der Waals surface area contributed by atoms with Crippen LogP contribution < -0.4 is 5.32 Å². The number of hydrogen-bond acceptors (Lipinski definition) is 2. The van der Waals surface area contributed by atoms with Crippen LogP contribution in [0.2, 0.25) is 0 Å². The smallest absolute Gasteiger partial charge is 0.253 e. The van der Waals surface area contributed by atoms with E-state index in [1.54, 1.807) is 6.07 Å². The number of nitrogens with one attached hydrogen (secondary N) is 1. The van der Waals surface area contributed by atoms with Crippen molar-refractivity contribution >= 4 is 44.4 Å². The van der Waals surface area contributed by atoms with E-state index in [0.29, 0.717) is 5.56 Å². The number of nitriles is 1. The molecule has 1 amide bonds. The van der Waals surface area contributed by atoms with Gasteiger partial charge < -0.3 is 5.32 Å². The van der Waals surface area contributed by atoms with Crippen LogP contribution in [-0.2, 0) is 0 Å². The number of rotatable bonds is 3. The average Bonchev–Trinajstić information content (AvgIpc) is 2.28. The van der Waals surface area contributed by atoms with E-state index in [1.165, 1.54) is 0 Å². The topological polar surface area (TPSA) is 52.9 Å². The molecule has 0 aliphatic carbocycles. The van der Waals surface area contributed by atoms with Gasteiger partial charge in [0.05, 0.1) is 11.6 Å². The first-order valence-corrected chi connectivity index (χ1v) is 6.98. The van der Waals surface area contributed by atoms with Gasteiger partial charge in [0.1, 0.15) is 6.04 Å². The lowest BCUT2D eigenvalue weighted by atomic mass is 10.1. The van der Waals surface area contributed by atoms with E-state index < -0.39 is 6.04 Å². The molecule has 0 saturated heterocycles. The fourth-order valence-electron chi connectivity index (χ4n) is 1.24. The molecule has 17 heavy (non-hydrogen) atoms. The SMILES string of the molecule is CC(C)C(C#N)NC(=O)c1cc(I)ccc1Br. The van der Waals surface area contributed by atoms with Crippen LogP contribution in [0, 0.1) is 20.8 Å². The molecule has 90 valence electrons. The first-order valence-electron chi connectivity index (χ1n) is 5.11. The minimum absolute atomic E-state index is 0.0884. The summed E-state index contributed by atoms with van der Waals surface area (Å²) in [6.45, 7) is 3.80. The van der Waals surface area contributed by atoms with Crippen LogP contribution in [0.15, 0.2) is 22.7 Å². The van der Waals surface area contributed by atoms with Gasteiger partial charge in [-0.1, -0.05) is 13.8 Å². The van der Waals surface area contributed by atoms with Gasteiger partial charge in [-0.05, 0) is 62.6 Å². The van der Waals surface area contributed by atoms with Gasteiger partial charge in [-0.25, -0.2) is 0 Å². The summed E-state index contributed by atoms with van der Waals surface area (Å²) in [4.78, 5) is 12.0. The third kappa shape index (κ3) is 3.96. The molecule has 0 aliphatic rings. The number of benzene rings is 1. The molecule has 0 radical (unpaired) electrons. The zero-order chi connectivity index (χ0) is 13.0. The summed E-state index contributed by atoms with van der Waals surface area (Å²) in [7, 11) is 0. The van der Waals surface area contributed by atoms with Gasteiger partial charge in [0.2, 0.25) is 0 Å². The second kappa shape index (κ2) is 6.36. The maximum absolute atomic E-state index is 12.0. The van der Waals surface area contributed by atoms with Gasteiger partial charge in [0, 0.05) is 8.04 Å². The minimum Gasteiger partial charge on any atom is -0.336 e. The molecule has 0 saturated carbocycles. The third-order valence-electron chi connectivity index (χ3n) is 2.27. The van der Waals surface area contributed by atoms with E-state index in [2.05, 4.69) is 49.9 Å². The first kappa shape index (κ1) is 14.5. The zero-order valence-corrected chi connectivity index (χ0v) is 13.2. The molecule has 1 aromatic rings. The number of carbonyl (C=O) groups excluding carboxylic acids is 1. The molecule has 0 bridgehead atoms. The van der Waals surface area contributed by atoms with E-state index in [-0.39, 0.29) is 11.8 Å². The van der Waals surface area contributed by atoms with Crippen molar-refractivity contribution in [2.24, 2.45) is 5.92 Å². The lowest BCUT2D eigenvalue weighted by molar-refractivity contribution is 0.0937. The minimum atomic E-state index is -0.465. The van der Waals surface area contributed by atoms with Crippen LogP contribution in [0.3, 0.4) is 0 Å². The van der Waals surface area contributed by atoms with Crippen molar-refractivity contribution in [3.05, 3.63) is 31.8 Å². The molecule has 0 aromatic heterocycles. The molecule has 5 heteroatoms. The van der Waals surface area contributed by atoms with Gasteiger partial charge >= 0.3 is 0 Å². The summed E-state index contributed by atoms with van der Waals surface area (Å²) in [6, 6.07) is 7.14. The molecule has 3 nitrogen and oxygen atoms in total. The van der Waals surface area contributed by atoms with Crippen molar-refractivity contribution in [3.63, 3.8) is 0 Å². The van der Waals surface area contributed by atoms with Gasteiger partial charge in [0.25, 0.3) is 5.91 Å². The molecular weight excluding hydrogens is 395 g/mol. The number of nitrogens with zero attached hydrogens (tertiary/aromatic N) is 1. The highest BCUT2D eigenvalue weighted by molar-refractivity contribution is 14.1. The highest BCUT2D eigenvalue weighted by atomic mass is 127. The number of halogens is 2. The van der Waals surface area contributed by atoms with Gasteiger partial charge in [-0.15, -0.1) is 0 Å². The van der Waals surface area contributed by atoms with E-state index in [4.69, 9.17) is 5.26 Å². The number of carbonyl (C=O) groups is 1. The standard InChI is InChI=1S/C12H12BrIN2O/c1-7(2)11(6-15)16-12(17)9-5-8(14)3-4-10(9)13/h3-5,7,11H,1-2H3,(H,16,17). The molecule has 1 N–H and O–H groups in total. The highest BCUT2D eigenvalue weighted by Gasteiger charge is 2.18. The quantitative estimate of drug-likeness (QED) is 0.782. The van der Waals surface area contributed by atoms with Crippen LogP contribution in [0.4, 0.5) is 0 Å². The summed E-state index contributed by atoms with van der Waals surface area (Å²) in [5, 5.41) is 11.7. The summed E-state index contributed by atoms with van der Waals surface area (Å²) >= 11 is 5.48. The van der Waals surface area contributed by atoms with E-state index in [0.717, 1.165) is 8.04 Å². The predicted molar refractivity (Wildman–Crippen MR) is 78.6 cm³/mol. The van der Waals surface area contributed by atoms with Crippen molar-refractivity contribution < 1.29 is 4.79 Å². The van der Waals surface area contributed by atoms with Crippen LogP contribution in [-0.4, -0.2) is 11.9 Å². The maximum Gasteiger partial charge on any atom is 0.253 e. The number of hydrogen-bond donors (Lipinski definition) is 1. The maximum atomic E-state index is 12.0. The third-order valence-corrected chi connectivity index (χ3v) is 3.63. The second-order valence-corrected chi connectivity index (χ2v) is 6.05. The normalized spacial score (nSPS) is 12.0. The summed E-state index contributed by atoms with van der Waals surface area (Å²) in [5.41, 5.74) is 0.554. The van der Waals surface area contributed by atoms with E-state index in [9.17, 15) is 4.79 Å². The van der Waals surface area contributed by atoms with Crippen molar-refractivity contribution in [1.29, 1.82) is 5.26 Å². The van der Waals surface area contributed by atoms with Crippen molar-refractivity contribution in [2.45, 2.75) is 19.9 Å².